The molecule has 0 aromatic carbocycles. The van der Waals surface area contributed by atoms with Crippen LogP contribution in [0.3, 0.4) is 0 Å². The molecule has 0 aliphatic carbocycles. The fourth-order valence-corrected chi connectivity index (χ4v) is 2.57. The summed E-state index contributed by atoms with van der Waals surface area (Å²) in [6, 6.07) is 0.371. The highest BCUT2D eigenvalue weighted by Crippen LogP contribution is 2.20. The molecule has 0 aromatic heterocycles. The lowest BCUT2D eigenvalue weighted by Crippen LogP contribution is -2.46. The molecule has 0 spiro atoms. The Morgan fingerprint density at radius 2 is 2.28 bits per heavy atom. The fourth-order valence-electron chi connectivity index (χ4n) is 2.57. The van der Waals surface area contributed by atoms with Crippen molar-refractivity contribution in [1.29, 1.82) is 0 Å². The molecular formula is C14H28N2O2. The Kier molecular flexibility index (Phi) is 7.28. The standard InChI is InChI=1S/C14H28N2O2/c1-3-4-8-15-14(18)11-16-9-6-5-7-13(16)10-12(2)17/h12-13,17H,3-11H2,1-2H3,(H,15,18). The maximum Gasteiger partial charge on any atom is 0.234 e. The number of carbonyl (C=O) groups excluding carboxylic acids is 1. The van der Waals surface area contributed by atoms with E-state index in [1.165, 1.54) is 12.8 Å². The first-order valence-electron chi connectivity index (χ1n) is 7.32. The molecule has 4 nitrogen and oxygen atoms in total. The Hall–Kier alpha value is -0.610. The molecule has 1 aliphatic heterocycles. The Balaban J connectivity index is 2.34. The second-order valence-electron chi connectivity index (χ2n) is 5.41. The van der Waals surface area contributed by atoms with Crippen molar-refractivity contribution in [3.05, 3.63) is 0 Å². The topological polar surface area (TPSA) is 52.6 Å². The molecule has 18 heavy (non-hydrogen) atoms. The van der Waals surface area contributed by atoms with Gasteiger partial charge in [-0.05, 0) is 39.2 Å². The van der Waals surface area contributed by atoms with Gasteiger partial charge in [-0.1, -0.05) is 19.8 Å². The van der Waals surface area contributed by atoms with Crippen LogP contribution in [0.25, 0.3) is 0 Å². The molecule has 106 valence electrons. The summed E-state index contributed by atoms with van der Waals surface area (Å²) in [4.78, 5) is 14.0. The van der Waals surface area contributed by atoms with Crippen LogP contribution in [0.4, 0.5) is 0 Å². The van der Waals surface area contributed by atoms with Crippen LogP contribution in [0.5, 0.6) is 0 Å². The zero-order valence-electron chi connectivity index (χ0n) is 11.8. The molecule has 0 radical (unpaired) electrons. The van der Waals surface area contributed by atoms with E-state index in [4.69, 9.17) is 0 Å². The minimum Gasteiger partial charge on any atom is -0.393 e. The van der Waals surface area contributed by atoms with Crippen LogP contribution in [-0.2, 0) is 4.79 Å². The van der Waals surface area contributed by atoms with E-state index < -0.39 is 0 Å². The predicted octanol–water partition coefficient (Wildman–Crippen LogP) is 1.53. The zero-order valence-corrected chi connectivity index (χ0v) is 11.8. The number of hydrogen-bond donors (Lipinski definition) is 2. The summed E-state index contributed by atoms with van der Waals surface area (Å²) in [6.45, 7) is 6.20. The van der Waals surface area contributed by atoms with Gasteiger partial charge in [-0.3, -0.25) is 9.69 Å². The summed E-state index contributed by atoms with van der Waals surface area (Å²) < 4.78 is 0. The number of unbranched alkanes of at least 4 members (excludes halogenated alkanes) is 1. The van der Waals surface area contributed by atoms with Gasteiger partial charge in [-0.2, -0.15) is 0 Å². The van der Waals surface area contributed by atoms with E-state index >= 15 is 0 Å². The molecular weight excluding hydrogens is 228 g/mol. The number of piperidine rings is 1. The van der Waals surface area contributed by atoms with Crippen molar-refractivity contribution in [2.45, 2.75) is 64.5 Å². The summed E-state index contributed by atoms with van der Waals surface area (Å²) in [6.07, 6.45) is 6.13. The van der Waals surface area contributed by atoms with Crippen LogP contribution < -0.4 is 5.32 Å². The molecule has 1 heterocycles. The van der Waals surface area contributed by atoms with E-state index in [0.29, 0.717) is 12.6 Å². The van der Waals surface area contributed by atoms with Gasteiger partial charge in [0.05, 0.1) is 12.6 Å². The third kappa shape index (κ3) is 5.83. The molecule has 2 atom stereocenters. The summed E-state index contributed by atoms with van der Waals surface area (Å²) >= 11 is 0. The SMILES string of the molecule is CCCCNC(=O)CN1CCCCC1CC(C)O. The monoisotopic (exact) mass is 256 g/mol. The van der Waals surface area contributed by atoms with Crippen LogP contribution in [0.15, 0.2) is 0 Å². The average molecular weight is 256 g/mol. The maximum atomic E-state index is 11.8. The first-order chi connectivity index (χ1) is 8.63. The van der Waals surface area contributed by atoms with Crippen molar-refractivity contribution in [2.24, 2.45) is 0 Å². The third-order valence-corrected chi connectivity index (χ3v) is 3.56. The molecule has 1 aliphatic rings. The molecule has 1 amide bonds. The lowest BCUT2D eigenvalue weighted by atomic mass is 9.97. The number of aliphatic hydroxyl groups excluding tert-OH is 1. The van der Waals surface area contributed by atoms with Gasteiger partial charge in [-0.25, -0.2) is 0 Å². The van der Waals surface area contributed by atoms with E-state index in [0.717, 1.165) is 38.8 Å². The number of nitrogens with zero attached hydrogens (tertiary/aromatic N) is 1. The molecule has 4 heteroatoms. The van der Waals surface area contributed by atoms with E-state index in [2.05, 4.69) is 17.1 Å². The summed E-state index contributed by atoms with van der Waals surface area (Å²) in [5.41, 5.74) is 0. The van der Waals surface area contributed by atoms with Crippen molar-refractivity contribution in [1.82, 2.24) is 10.2 Å². The maximum absolute atomic E-state index is 11.8. The van der Waals surface area contributed by atoms with Gasteiger partial charge in [0, 0.05) is 12.6 Å². The highest BCUT2D eigenvalue weighted by atomic mass is 16.3. The quantitative estimate of drug-likeness (QED) is 0.679. The lowest BCUT2D eigenvalue weighted by Gasteiger charge is -2.35. The largest absolute Gasteiger partial charge is 0.393 e. The van der Waals surface area contributed by atoms with Crippen molar-refractivity contribution in [3.8, 4) is 0 Å². The van der Waals surface area contributed by atoms with Gasteiger partial charge in [0.15, 0.2) is 0 Å². The second kappa shape index (κ2) is 8.48. The Bertz CT molecular complexity index is 244. The van der Waals surface area contributed by atoms with Crippen LogP contribution in [0.2, 0.25) is 0 Å². The minimum atomic E-state index is -0.279. The van der Waals surface area contributed by atoms with Gasteiger partial charge in [-0.15, -0.1) is 0 Å². The first-order valence-corrected chi connectivity index (χ1v) is 7.32. The third-order valence-electron chi connectivity index (χ3n) is 3.56. The number of carbonyl (C=O) groups is 1. The minimum absolute atomic E-state index is 0.126. The van der Waals surface area contributed by atoms with Crippen molar-refractivity contribution in [2.75, 3.05) is 19.6 Å². The Morgan fingerprint density at radius 3 is 2.94 bits per heavy atom. The molecule has 2 N–H and O–H groups in total. The summed E-state index contributed by atoms with van der Waals surface area (Å²) in [7, 11) is 0. The molecule has 0 bridgehead atoms. The first kappa shape index (κ1) is 15.4. The fraction of sp³-hybridized carbons (Fsp3) is 0.929. The van der Waals surface area contributed by atoms with Crippen LogP contribution in [0.1, 0.15) is 52.4 Å². The zero-order chi connectivity index (χ0) is 13.4. The summed E-state index contributed by atoms with van der Waals surface area (Å²) in [5.74, 6) is 0.126. The van der Waals surface area contributed by atoms with Gasteiger partial charge >= 0.3 is 0 Å². The lowest BCUT2D eigenvalue weighted by molar-refractivity contribution is -0.123. The normalized spacial score (nSPS) is 22.7. The van der Waals surface area contributed by atoms with Crippen LogP contribution in [0, 0.1) is 0 Å². The van der Waals surface area contributed by atoms with Crippen molar-refractivity contribution < 1.29 is 9.90 Å². The highest BCUT2D eigenvalue weighted by Gasteiger charge is 2.24. The number of hydrogen-bond acceptors (Lipinski definition) is 3. The smallest absolute Gasteiger partial charge is 0.234 e. The number of aliphatic hydroxyl groups is 1. The number of likely N-dealkylation sites (tertiary alicyclic amines) is 1. The molecule has 0 aromatic rings. The van der Waals surface area contributed by atoms with Crippen molar-refractivity contribution >= 4 is 5.91 Å². The molecule has 1 fully saturated rings. The van der Waals surface area contributed by atoms with Gasteiger partial charge in [0.2, 0.25) is 5.91 Å². The van der Waals surface area contributed by atoms with Crippen molar-refractivity contribution in [3.63, 3.8) is 0 Å². The van der Waals surface area contributed by atoms with E-state index in [1.54, 1.807) is 0 Å². The molecule has 1 saturated heterocycles. The number of amides is 1. The van der Waals surface area contributed by atoms with Crippen LogP contribution in [-0.4, -0.2) is 47.7 Å². The number of rotatable bonds is 7. The van der Waals surface area contributed by atoms with E-state index in [-0.39, 0.29) is 12.0 Å². The van der Waals surface area contributed by atoms with Crippen LogP contribution >= 0.6 is 0 Å². The molecule has 1 rings (SSSR count). The average Bonchev–Trinajstić information content (AvgIpc) is 2.31. The highest BCUT2D eigenvalue weighted by molar-refractivity contribution is 5.78. The molecule has 2 unspecified atom stereocenters. The Labute approximate surface area is 111 Å². The van der Waals surface area contributed by atoms with E-state index in [1.807, 2.05) is 6.92 Å². The van der Waals surface area contributed by atoms with Gasteiger partial charge in [0.25, 0.3) is 0 Å². The Morgan fingerprint density at radius 1 is 1.50 bits per heavy atom. The number of nitrogens with one attached hydrogen (secondary N) is 1. The van der Waals surface area contributed by atoms with Gasteiger partial charge < -0.3 is 10.4 Å². The molecule has 0 saturated carbocycles. The summed E-state index contributed by atoms with van der Waals surface area (Å²) in [5, 5.41) is 12.5. The predicted molar refractivity (Wildman–Crippen MR) is 73.4 cm³/mol. The van der Waals surface area contributed by atoms with Gasteiger partial charge in [0.1, 0.15) is 0 Å². The van der Waals surface area contributed by atoms with E-state index in [9.17, 15) is 9.90 Å². The second-order valence-corrected chi connectivity index (χ2v) is 5.41.